The van der Waals surface area contributed by atoms with E-state index >= 15 is 0 Å². The van der Waals surface area contributed by atoms with Crippen molar-refractivity contribution in [2.45, 2.75) is 45.4 Å². The van der Waals surface area contributed by atoms with Gasteiger partial charge in [0.25, 0.3) is 5.91 Å². The molecule has 0 radical (unpaired) electrons. The monoisotopic (exact) mass is 799 g/mol. The van der Waals surface area contributed by atoms with Gasteiger partial charge in [-0.3, -0.25) is 9.79 Å². The van der Waals surface area contributed by atoms with Gasteiger partial charge in [-0.25, -0.2) is 27.5 Å². The van der Waals surface area contributed by atoms with Crippen molar-refractivity contribution in [2.75, 3.05) is 31.4 Å². The summed E-state index contributed by atoms with van der Waals surface area (Å²) in [5, 5.41) is 5.93. The third kappa shape index (κ3) is 8.17. The van der Waals surface area contributed by atoms with Gasteiger partial charge < -0.3 is 20.1 Å². The molecule has 1 amide bonds. The summed E-state index contributed by atoms with van der Waals surface area (Å²) in [6, 6.07) is 19.2. The molecule has 288 valence electrons. The molecule has 2 aliphatic carbocycles. The lowest BCUT2D eigenvalue weighted by Gasteiger charge is -2.10. The fraction of sp³-hybridized carbons (Fsp3) is 0.238. The molecular formula is C42H37F4N5O3S2. The second kappa shape index (κ2) is 17.0. The number of fused-ring (bicyclic) bond motifs is 6. The number of aryl methyl sites for hydroxylation is 4. The lowest BCUT2D eigenvalue weighted by molar-refractivity contribution is 0.102. The van der Waals surface area contributed by atoms with Gasteiger partial charge in [0.15, 0.2) is 15.9 Å². The SMILES string of the molecule is CCN=C(Nc1c(F)cccc1F)c1nc2c(s1)-c1cc(OC)ccc1CCC2.COc1ccc2c(c1)-c1sc(C(=O)Nc3c(F)cccc3F)nc1CCC2. The van der Waals surface area contributed by atoms with Crippen molar-refractivity contribution in [3.8, 4) is 32.4 Å². The first-order valence-electron chi connectivity index (χ1n) is 18.0. The number of hydrogen-bond donors (Lipinski definition) is 2. The molecule has 14 heteroatoms. The van der Waals surface area contributed by atoms with Crippen LogP contribution in [0.2, 0.25) is 0 Å². The van der Waals surface area contributed by atoms with Gasteiger partial charge in [-0.05, 0) is 105 Å². The van der Waals surface area contributed by atoms with Gasteiger partial charge in [0, 0.05) is 17.7 Å². The number of rotatable bonds is 7. The van der Waals surface area contributed by atoms with Gasteiger partial charge in [-0.2, -0.15) is 0 Å². The maximum atomic E-state index is 14.1. The lowest BCUT2D eigenvalue weighted by Crippen LogP contribution is -2.16. The summed E-state index contributed by atoms with van der Waals surface area (Å²) >= 11 is 2.71. The Morgan fingerprint density at radius 2 is 1.14 bits per heavy atom. The number of thiazole rings is 2. The summed E-state index contributed by atoms with van der Waals surface area (Å²) in [7, 11) is 3.25. The maximum absolute atomic E-state index is 14.1. The van der Waals surface area contributed by atoms with E-state index in [1.807, 2.05) is 37.3 Å². The fourth-order valence-corrected chi connectivity index (χ4v) is 8.80. The summed E-state index contributed by atoms with van der Waals surface area (Å²) < 4.78 is 66.6. The number of carbonyl (C=O) groups excluding carboxylic acids is 1. The van der Waals surface area contributed by atoms with Crippen LogP contribution in [0, 0.1) is 23.3 Å². The van der Waals surface area contributed by atoms with E-state index in [-0.39, 0.29) is 10.7 Å². The molecular weight excluding hydrogens is 763 g/mol. The van der Waals surface area contributed by atoms with Crippen molar-refractivity contribution in [3.05, 3.63) is 129 Å². The van der Waals surface area contributed by atoms with Gasteiger partial charge in [0.2, 0.25) is 0 Å². The van der Waals surface area contributed by atoms with Crippen LogP contribution in [0.4, 0.5) is 28.9 Å². The molecule has 2 aromatic heterocycles. The molecule has 0 spiro atoms. The topological polar surface area (TPSA) is 97.7 Å². The molecule has 0 bridgehead atoms. The predicted octanol–water partition coefficient (Wildman–Crippen LogP) is 10.3. The summed E-state index contributed by atoms with van der Waals surface area (Å²) in [5.41, 5.74) is 5.65. The smallest absolute Gasteiger partial charge is 0.284 e. The molecule has 0 saturated heterocycles. The standard InChI is InChI=1S/C22H21F2N3OS.C20H16F2N2O2S/c1-3-25-21(27-19-16(23)7-5-8-17(19)24)22-26-18-9-4-6-13-10-11-14(28-2)12-15(13)20(18)29-22;1-26-12-9-8-11-4-2-7-16-18(13(11)10-12)27-20(23-16)19(25)24-17-14(21)5-3-6-15(17)22/h5,7-8,10-12H,3-4,6,9H2,1-2H3,(H,25,27);3,5-6,8-10H,2,4,7H2,1H3,(H,24,25). The quantitative estimate of drug-likeness (QED) is 0.0948. The van der Waals surface area contributed by atoms with E-state index in [9.17, 15) is 22.4 Å². The molecule has 0 unspecified atom stereocenters. The fourth-order valence-electron chi connectivity index (χ4n) is 6.62. The number of para-hydroxylation sites is 2. The molecule has 0 aliphatic heterocycles. The minimum Gasteiger partial charge on any atom is -0.497 e. The molecule has 6 aromatic rings. The van der Waals surface area contributed by atoms with Crippen LogP contribution in [0.5, 0.6) is 11.5 Å². The van der Waals surface area contributed by atoms with E-state index in [4.69, 9.17) is 14.5 Å². The highest BCUT2D eigenvalue weighted by molar-refractivity contribution is 7.17. The Kier molecular flexibility index (Phi) is 11.8. The first kappa shape index (κ1) is 38.7. The van der Waals surface area contributed by atoms with Gasteiger partial charge in [-0.1, -0.05) is 24.3 Å². The average Bonchev–Trinajstić information content (AvgIpc) is 3.73. The average molecular weight is 800 g/mol. The van der Waals surface area contributed by atoms with Crippen molar-refractivity contribution in [2.24, 2.45) is 4.99 Å². The molecule has 8 nitrogen and oxygen atoms in total. The van der Waals surface area contributed by atoms with E-state index < -0.39 is 34.9 Å². The summed E-state index contributed by atoms with van der Waals surface area (Å²) in [5.74, 6) is -1.70. The normalized spacial score (nSPS) is 13.1. The van der Waals surface area contributed by atoms with E-state index in [2.05, 4.69) is 26.7 Å². The van der Waals surface area contributed by atoms with E-state index in [0.717, 1.165) is 94.4 Å². The summed E-state index contributed by atoms with van der Waals surface area (Å²) in [6.07, 6.45) is 5.39. The maximum Gasteiger partial charge on any atom is 0.284 e. The van der Waals surface area contributed by atoms with Gasteiger partial charge in [-0.15, -0.1) is 22.7 Å². The number of carbonyl (C=O) groups is 1. The van der Waals surface area contributed by atoms with Crippen LogP contribution in [0.1, 0.15) is 57.1 Å². The zero-order chi connectivity index (χ0) is 39.3. The zero-order valence-corrected chi connectivity index (χ0v) is 32.4. The van der Waals surface area contributed by atoms with Gasteiger partial charge in [0.1, 0.15) is 46.1 Å². The molecule has 8 rings (SSSR count). The van der Waals surface area contributed by atoms with Crippen molar-refractivity contribution >= 4 is 45.8 Å². The Balaban J connectivity index is 0.000000172. The number of hydrogen-bond acceptors (Lipinski definition) is 8. The second-order valence-electron chi connectivity index (χ2n) is 12.9. The number of halogens is 4. The van der Waals surface area contributed by atoms with Crippen molar-refractivity contribution < 1.29 is 31.8 Å². The van der Waals surface area contributed by atoms with Crippen molar-refractivity contribution in [1.29, 1.82) is 0 Å². The molecule has 2 heterocycles. The van der Waals surface area contributed by atoms with Crippen LogP contribution in [-0.2, 0) is 25.7 Å². The van der Waals surface area contributed by atoms with Crippen LogP contribution in [-0.4, -0.2) is 42.5 Å². The van der Waals surface area contributed by atoms with Crippen molar-refractivity contribution in [1.82, 2.24) is 9.97 Å². The number of nitrogens with zero attached hydrogens (tertiary/aromatic N) is 3. The summed E-state index contributed by atoms with van der Waals surface area (Å²) in [4.78, 5) is 28.1. The highest BCUT2D eigenvalue weighted by atomic mass is 32.1. The zero-order valence-electron chi connectivity index (χ0n) is 30.8. The lowest BCUT2D eigenvalue weighted by atomic mass is 10.0. The summed E-state index contributed by atoms with van der Waals surface area (Å²) in [6.45, 7) is 2.34. The molecule has 2 aliphatic rings. The second-order valence-corrected chi connectivity index (χ2v) is 14.9. The number of ether oxygens (including phenoxy) is 2. The number of anilines is 2. The van der Waals surface area contributed by atoms with Crippen molar-refractivity contribution in [3.63, 3.8) is 0 Å². The van der Waals surface area contributed by atoms with Gasteiger partial charge in [0.05, 0.1) is 35.4 Å². The largest absolute Gasteiger partial charge is 0.497 e. The van der Waals surface area contributed by atoms with Crippen LogP contribution in [0.25, 0.3) is 20.9 Å². The Morgan fingerprint density at radius 3 is 1.62 bits per heavy atom. The minimum absolute atomic E-state index is 0.179. The van der Waals surface area contributed by atoms with E-state index in [1.54, 1.807) is 14.2 Å². The molecule has 4 aromatic carbocycles. The Hall–Kier alpha value is -5.60. The number of benzene rings is 4. The molecule has 56 heavy (non-hydrogen) atoms. The predicted molar refractivity (Wildman–Crippen MR) is 214 cm³/mol. The number of amides is 1. The van der Waals surface area contributed by atoms with E-state index in [0.29, 0.717) is 17.4 Å². The van der Waals surface area contributed by atoms with Crippen LogP contribution < -0.4 is 20.1 Å². The Bertz CT molecular complexity index is 2410. The molecule has 0 atom stereocenters. The van der Waals surface area contributed by atoms with Crippen LogP contribution in [0.3, 0.4) is 0 Å². The highest BCUT2D eigenvalue weighted by Gasteiger charge is 2.25. The number of aromatic nitrogens is 2. The number of methoxy groups -OCH3 is 2. The molecule has 0 fully saturated rings. The van der Waals surface area contributed by atoms with Gasteiger partial charge >= 0.3 is 0 Å². The molecule has 2 N–H and O–H groups in total. The first-order chi connectivity index (χ1) is 27.2. The third-order valence-electron chi connectivity index (χ3n) is 9.36. The Morgan fingerprint density at radius 1 is 0.679 bits per heavy atom. The minimum atomic E-state index is -0.823. The Labute approximate surface area is 329 Å². The highest BCUT2D eigenvalue weighted by Crippen LogP contribution is 2.40. The van der Waals surface area contributed by atoms with Crippen LogP contribution >= 0.6 is 22.7 Å². The number of aliphatic imine (C=N–C) groups is 1. The van der Waals surface area contributed by atoms with Crippen LogP contribution in [0.15, 0.2) is 77.8 Å². The number of nitrogens with one attached hydrogen (secondary N) is 2. The first-order valence-corrected chi connectivity index (χ1v) is 19.7. The van der Waals surface area contributed by atoms with E-state index in [1.165, 1.54) is 58.1 Å². The molecule has 0 saturated carbocycles. The number of amidine groups is 1. The third-order valence-corrected chi connectivity index (χ3v) is 11.6.